The molecule has 0 radical (unpaired) electrons. The predicted octanol–water partition coefficient (Wildman–Crippen LogP) is 3.07. The third kappa shape index (κ3) is 3.47. The fourth-order valence-electron chi connectivity index (χ4n) is 6.53. The summed E-state index contributed by atoms with van der Waals surface area (Å²) in [4.78, 5) is 19.2. The molecule has 4 heterocycles. The van der Waals surface area contributed by atoms with Crippen molar-refractivity contribution < 1.29 is 13.9 Å². The monoisotopic (exact) mass is 417 g/mol. The van der Waals surface area contributed by atoms with Gasteiger partial charge in [0, 0.05) is 44.1 Å². The van der Waals surface area contributed by atoms with Crippen LogP contribution in [0.1, 0.15) is 57.8 Å². The van der Waals surface area contributed by atoms with Crippen LogP contribution in [0.3, 0.4) is 0 Å². The molecular formula is C22H35N5O3. The van der Waals surface area contributed by atoms with E-state index in [-0.39, 0.29) is 6.09 Å². The zero-order valence-electron chi connectivity index (χ0n) is 18.4. The van der Waals surface area contributed by atoms with Crippen molar-refractivity contribution in [1.29, 1.82) is 0 Å². The first-order valence-electron chi connectivity index (χ1n) is 11.8. The molecule has 0 bridgehead atoms. The highest BCUT2D eigenvalue weighted by Gasteiger charge is 2.54. The average Bonchev–Trinajstić information content (AvgIpc) is 3.47. The number of ether oxygens (including phenoxy) is 1. The van der Waals surface area contributed by atoms with E-state index in [1.165, 1.54) is 51.6 Å². The topological polar surface area (TPSA) is 74.9 Å². The lowest BCUT2D eigenvalue weighted by Crippen LogP contribution is -2.59. The second kappa shape index (κ2) is 8.02. The van der Waals surface area contributed by atoms with Gasteiger partial charge < -0.3 is 19.0 Å². The van der Waals surface area contributed by atoms with Gasteiger partial charge in [0.2, 0.25) is 5.89 Å². The van der Waals surface area contributed by atoms with Crippen molar-refractivity contribution in [3.8, 4) is 0 Å². The number of carbonyl (C=O) groups excluding carboxylic acids is 1. The van der Waals surface area contributed by atoms with Crippen molar-refractivity contribution in [2.75, 3.05) is 44.2 Å². The second-order valence-corrected chi connectivity index (χ2v) is 9.67. The van der Waals surface area contributed by atoms with Crippen LogP contribution in [0, 0.1) is 18.3 Å². The Morgan fingerprint density at radius 3 is 2.63 bits per heavy atom. The van der Waals surface area contributed by atoms with E-state index in [4.69, 9.17) is 9.15 Å². The van der Waals surface area contributed by atoms with E-state index in [0.29, 0.717) is 41.9 Å². The van der Waals surface area contributed by atoms with Crippen LogP contribution in [0.5, 0.6) is 0 Å². The minimum absolute atomic E-state index is 0.128. The Balaban J connectivity index is 1.17. The molecule has 5 rings (SSSR count). The molecule has 3 aliphatic heterocycles. The minimum atomic E-state index is -0.128. The van der Waals surface area contributed by atoms with Gasteiger partial charge in [-0.1, -0.05) is 5.10 Å². The maximum absolute atomic E-state index is 12.2. The number of carbonyl (C=O) groups is 1. The number of likely N-dealkylation sites (tertiary alicyclic amines) is 2. The summed E-state index contributed by atoms with van der Waals surface area (Å²) in [7, 11) is 0. The van der Waals surface area contributed by atoms with Crippen LogP contribution in [-0.2, 0) is 4.74 Å². The molecule has 8 heteroatoms. The highest BCUT2D eigenvalue weighted by atomic mass is 16.6. The first kappa shape index (κ1) is 20.1. The zero-order chi connectivity index (χ0) is 20.7. The Morgan fingerprint density at radius 2 is 1.97 bits per heavy atom. The van der Waals surface area contributed by atoms with Crippen LogP contribution in [0.15, 0.2) is 4.42 Å². The molecule has 1 aliphatic carbocycles. The van der Waals surface area contributed by atoms with Crippen LogP contribution >= 0.6 is 0 Å². The van der Waals surface area contributed by atoms with E-state index in [0.717, 1.165) is 26.1 Å². The van der Waals surface area contributed by atoms with Gasteiger partial charge in [-0.2, -0.15) is 0 Å². The molecule has 30 heavy (non-hydrogen) atoms. The van der Waals surface area contributed by atoms with E-state index < -0.39 is 0 Å². The number of aromatic nitrogens is 2. The molecule has 0 N–H and O–H groups in total. The molecule has 1 aromatic heterocycles. The lowest BCUT2D eigenvalue weighted by molar-refractivity contribution is -0.0361. The van der Waals surface area contributed by atoms with E-state index in [9.17, 15) is 4.79 Å². The number of aryl methyl sites for hydroxylation is 1. The molecule has 4 fully saturated rings. The van der Waals surface area contributed by atoms with Crippen LogP contribution in [0.4, 0.5) is 10.8 Å². The second-order valence-electron chi connectivity index (χ2n) is 9.67. The first-order chi connectivity index (χ1) is 14.6. The molecule has 3 saturated heterocycles. The van der Waals surface area contributed by atoms with Gasteiger partial charge in [-0.05, 0) is 70.9 Å². The Labute approximate surface area is 178 Å². The zero-order valence-corrected chi connectivity index (χ0v) is 18.4. The molecule has 1 aromatic rings. The van der Waals surface area contributed by atoms with E-state index in [2.05, 4.69) is 20.0 Å². The highest BCUT2D eigenvalue weighted by molar-refractivity contribution is 5.68. The normalized spacial score (nSPS) is 32.7. The van der Waals surface area contributed by atoms with Crippen molar-refractivity contribution in [3.05, 3.63) is 5.89 Å². The average molecular weight is 418 g/mol. The number of piperidine rings is 1. The largest absolute Gasteiger partial charge is 0.450 e. The maximum atomic E-state index is 12.2. The maximum Gasteiger partial charge on any atom is 0.409 e. The summed E-state index contributed by atoms with van der Waals surface area (Å²) in [6.07, 6.45) is 8.44. The lowest BCUT2D eigenvalue weighted by atomic mass is 9.62. The lowest BCUT2D eigenvalue weighted by Gasteiger charge is -2.54. The number of amides is 1. The van der Waals surface area contributed by atoms with Gasteiger partial charge >= 0.3 is 12.1 Å². The molecule has 0 aromatic carbocycles. The number of hydrogen-bond donors (Lipinski definition) is 0. The summed E-state index contributed by atoms with van der Waals surface area (Å²) in [5, 5.41) is 8.31. The number of rotatable bonds is 4. The molecule has 166 valence electrons. The van der Waals surface area contributed by atoms with Crippen molar-refractivity contribution in [3.63, 3.8) is 0 Å². The fourth-order valence-corrected chi connectivity index (χ4v) is 6.53. The van der Waals surface area contributed by atoms with Crippen LogP contribution in [-0.4, -0.2) is 77.5 Å². The van der Waals surface area contributed by atoms with E-state index in [1.54, 1.807) is 0 Å². The van der Waals surface area contributed by atoms with Gasteiger partial charge in [0.1, 0.15) is 0 Å². The van der Waals surface area contributed by atoms with Crippen molar-refractivity contribution in [1.82, 2.24) is 20.0 Å². The summed E-state index contributed by atoms with van der Waals surface area (Å²) in [6, 6.07) is 1.88. The fraction of sp³-hybridized carbons (Fsp3) is 0.864. The summed E-state index contributed by atoms with van der Waals surface area (Å²) in [5.41, 5.74) is 0.306. The Kier molecular flexibility index (Phi) is 5.37. The van der Waals surface area contributed by atoms with Crippen molar-refractivity contribution >= 4 is 12.1 Å². The Morgan fingerprint density at radius 1 is 1.13 bits per heavy atom. The molecule has 1 amide bonds. The van der Waals surface area contributed by atoms with Gasteiger partial charge in [0.05, 0.1) is 6.61 Å². The van der Waals surface area contributed by atoms with Crippen LogP contribution in [0.2, 0.25) is 0 Å². The molecule has 1 saturated carbocycles. The standard InChI is InChI=1S/C22H35N5O3/c1-3-29-21(28)26-14-10-22(15-26)9-6-19(22)25-12-7-17(8-13-25)18-5-4-11-27(18)20-24-23-16(2)30-20/h17-19H,3-15H2,1-2H3/t18-,19?,22?/m0/s1. The van der Waals surface area contributed by atoms with Crippen LogP contribution < -0.4 is 4.90 Å². The Hall–Kier alpha value is -1.83. The van der Waals surface area contributed by atoms with Gasteiger partial charge in [-0.3, -0.25) is 4.90 Å². The summed E-state index contributed by atoms with van der Waals surface area (Å²) in [6.45, 7) is 9.30. The molecule has 2 unspecified atom stereocenters. The smallest absolute Gasteiger partial charge is 0.409 e. The summed E-state index contributed by atoms with van der Waals surface area (Å²) in [5.74, 6) is 1.35. The van der Waals surface area contributed by atoms with Crippen molar-refractivity contribution in [2.45, 2.75) is 70.9 Å². The molecule has 8 nitrogen and oxygen atoms in total. The van der Waals surface area contributed by atoms with Gasteiger partial charge in [0.25, 0.3) is 0 Å². The Bertz CT molecular complexity index is 762. The number of anilines is 1. The van der Waals surface area contributed by atoms with Gasteiger partial charge in [-0.15, -0.1) is 5.10 Å². The number of hydrogen-bond acceptors (Lipinski definition) is 7. The highest BCUT2D eigenvalue weighted by Crippen LogP contribution is 2.51. The van der Waals surface area contributed by atoms with Crippen molar-refractivity contribution in [2.24, 2.45) is 11.3 Å². The minimum Gasteiger partial charge on any atom is -0.450 e. The van der Waals surface area contributed by atoms with E-state index >= 15 is 0 Å². The summed E-state index contributed by atoms with van der Waals surface area (Å²) >= 11 is 0. The SMILES string of the molecule is CCOC(=O)N1CCC2(CCC2N2CCC([C@@H]3CCCN3c3nnc(C)o3)CC2)C1. The van der Waals surface area contributed by atoms with Crippen LogP contribution in [0.25, 0.3) is 0 Å². The summed E-state index contributed by atoms with van der Waals surface area (Å²) < 4.78 is 11.0. The van der Waals surface area contributed by atoms with Gasteiger partial charge in [0.15, 0.2) is 0 Å². The van der Waals surface area contributed by atoms with E-state index in [1.807, 2.05) is 18.7 Å². The molecular weight excluding hydrogens is 382 g/mol. The quantitative estimate of drug-likeness (QED) is 0.745. The number of nitrogens with zero attached hydrogens (tertiary/aromatic N) is 5. The predicted molar refractivity (Wildman–Crippen MR) is 112 cm³/mol. The third-order valence-corrected chi connectivity index (χ3v) is 8.15. The first-order valence-corrected chi connectivity index (χ1v) is 11.8. The molecule has 3 atom stereocenters. The molecule has 4 aliphatic rings. The third-order valence-electron chi connectivity index (χ3n) is 8.15. The van der Waals surface area contributed by atoms with Gasteiger partial charge in [-0.25, -0.2) is 4.79 Å². The molecule has 1 spiro atoms.